The molecule has 1 saturated carbocycles. The number of hydrogen-bond acceptors (Lipinski definition) is 4. The molecule has 0 aliphatic heterocycles. The third kappa shape index (κ3) is 5.52. The Labute approximate surface area is 162 Å². The Morgan fingerprint density at radius 3 is 2.61 bits per heavy atom. The van der Waals surface area contributed by atoms with Gasteiger partial charge in [0.25, 0.3) is 0 Å². The van der Waals surface area contributed by atoms with Crippen LogP contribution in [0.3, 0.4) is 0 Å². The summed E-state index contributed by atoms with van der Waals surface area (Å²) in [6.07, 6.45) is 3.36. The predicted molar refractivity (Wildman–Crippen MR) is 100 cm³/mol. The van der Waals surface area contributed by atoms with Crippen LogP contribution in [0.15, 0.2) is 30.3 Å². The van der Waals surface area contributed by atoms with Crippen molar-refractivity contribution in [1.29, 1.82) is 5.26 Å². The summed E-state index contributed by atoms with van der Waals surface area (Å²) < 4.78 is 38.9. The third-order valence-electron chi connectivity index (χ3n) is 5.01. The average molecular weight is 388 g/mol. The number of nitriles is 1. The molecular formula is C21H23F3N4. The first kappa shape index (κ1) is 20.3. The number of aromatic nitrogens is 2. The number of nitrogens with zero attached hydrogens (tertiary/aromatic N) is 3. The maximum absolute atomic E-state index is 13.0. The molecule has 0 unspecified atom stereocenters. The van der Waals surface area contributed by atoms with Crippen LogP contribution < -0.4 is 5.32 Å². The fraction of sp³-hybridized carbons (Fsp3) is 0.476. The molecule has 0 saturated heterocycles. The van der Waals surface area contributed by atoms with Gasteiger partial charge < -0.3 is 5.32 Å². The molecule has 0 radical (unpaired) electrons. The second-order valence-electron chi connectivity index (χ2n) is 7.15. The molecule has 1 heterocycles. The molecule has 1 aromatic carbocycles. The highest BCUT2D eigenvalue weighted by Crippen LogP contribution is 2.31. The smallest absolute Gasteiger partial charge is 0.314 e. The van der Waals surface area contributed by atoms with E-state index in [1.807, 2.05) is 6.07 Å². The molecule has 1 aromatic heterocycles. The number of benzene rings is 1. The minimum Gasteiger partial charge on any atom is -0.314 e. The molecule has 0 atom stereocenters. The summed E-state index contributed by atoms with van der Waals surface area (Å²) in [6.45, 7) is 0.857. The normalized spacial score (nSPS) is 15.4. The maximum atomic E-state index is 13.0. The van der Waals surface area contributed by atoms with E-state index in [9.17, 15) is 18.4 Å². The second-order valence-corrected chi connectivity index (χ2v) is 7.15. The molecule has 1 aliphatic rings. The van der Waals surface area contributed by atoms with Gasteiger partial charge in [-0.1, -0.05) is 31.4 Å². The molecule has 4 nitrogen and oxygen atoms in total. The summed E-state index contributed by atoms with van der Waals surface area (Å²) >= 11 is 0. The maximum Gasteiger partial charge on any atom is 0.416 e. The lowest BCUT2D eigenvalue weighted by Gasteiger charge is -2.22. The Hall–Kier alpha value is -2.46. The quantitative estimate of drug-likeness (QED) is 0.716. The van der Waals surface area contributed by atoms with Crippen LogP contribution in [0, 0.1) is 11.3 Å². The Morgan fingerprint density at radius 1 is 1.11 bits per heavy atom. The van der Waals surface area contributed by atoms with E-state index in [4.69, 9.17) is 0 Å². The fourth-order valence-electron chi connectivity index (χ4n) is 3.56. The van der Waals surface area contributed by atoms with Crippen molar-refractivity contribution >= 4 is 0 Å². The van der Waals surface area contributed by atoms with Crippen molar-refractivity contribution in [3.05, 3.63) is 47.4 Å². The van der Waals surface area contributed by atoms with Crippen molar-refractivity contribution in [2.45, 2.75) is 57.2 Å². The number of aryl methyl sites for hydroxylation is 1. The van der Waals surface area contributed by atoms with Crippen LogP contribution in [0.5, 0.6) is 0 Å². The first-order valence-corrected chi connectivity index (χ1v) is 9.65. The monoisotopic (exact) mass is 388 g/mol. The zero-order valence-corrected chi connectivity index (χ0v) is 15.6. The van der Waals surface area contributed by atoms with Gasteiger partial charge in [0.2, 0.25) is 5.82 Å². The van der Waals surface area contributed by atoms with E-state index in [1.54, 1.807) is 12.1 Å². The van der Waals surface area contributed by atoms with Crippen LogP contribution in [0.2, 0.25) is 0 Å². The molecule has 2 aromatic rings. The molecule has 7 heteroatoms. The van der Waals surface area contributed by atoms with Gasteiger partial charge in [-0.25, -0.2) is 9.97 Å². The summed E-state index contributed by atoms with van der Waals surface area (Å²) in [5, 5.41) is 12.7. The molecule has 148 valence electrons. The molecule has 0 bridgehead atoms. The first-order chi connectivity index (χ1) is 13.5. The highest BCUT2D eigenvalue weighted by atomic mass is 19.4. The van der Waals surface area contributed by atoms with E-state index in [0.29, 0.717) is 29.4 Å². The third-order valence-corrected chi connectivity index (χ3v) is 5.01. The highest BCUT2D eigenvalue weighted by Gasteiger charge is 2.30. The van der Waals surface area contributed by atoms with Gasteiger partial charge in [0.05, 0.1) is 11.3 Å². The van der Waals surface area contributed by atoms with E-state index < -0.39 is 11.7 Å². The summed E-state index contributed by atoms with van der Waals surface area (Å²) in [4.78, 5) is 8.30. The minimum absolute atomic E-state index is 0.0230. The molecule has 3 rings (SSSR count). The number of rotatable bonds is 6. The number of halogens is 3. The zero-order valence-electron chi connectivity index (χ0n) is 15.6. The van der Waals surface area contributed by atoms with Gasteiger partial charge in [-0.2, -0.15) is 18.4 Å². The minimum atomic E-state index is -4.42. The van der Waals surface area contributed by atoms with Crippen molar-refractivity contribution in [3.8, 4) is 17.3 Å². The Balaban J connectivity index is 1.69. The van der Waals surface area contributed by atoms with E-state index in [1.165, 1.54) is 38.2 Å². The van der Waals surface area contributed by atoms with Crippen molar-refractivity contribution in [2.24, 2.45) is 0 Å². The van der Waals surface area contributed by atoms with Crippen molar-refractivity contribution in [1.82, 2.24) is 15.3 Å². The SMILES string of the molecule is N#Cc1nc(CCCNC2CCCCC2)cc(-c2cccc(C(F)(F)F)c2)n1. The molecule has 1 aliphatic carbocycles. The molecule has 28 heavy (non-hydrogen) atoms. The van der Waals surface area contributed by atoms with Gasteiger partial charge in [-0.15, -0.1) is 0 Å². The molecule has 0 amide bonds. The van der Waals surface area contributed by atoms with Gasteiger partial charge in [-0.3, -0.25) is 0 Å². The predicted octanol–water partition coefficient (Wildman–Crippen LogP) is 4.89. The van der Waals surface area contributed by atoms with Gasteiger partial charge in [-0.05, 0) is 50.4 Å². The molecule has 1 fully saturated rings. The molecule has 0 spiro atoms. The molecule has 1 N–H and O–H groups in total. The average Bonchev–Trinajstić information content (AvgIpc) is 2.71. The van der Waals surface area contributed by atoms with Gasteiger partial charge in [0, 0.05) is 17.3 Å². The van der Waals surface area contributed by atoms with Gasteiger partial charge in [0.1, 0.15) is 6.07 Å². The number of hydrogen-bond donors (Lipinski definition) is 1. The topological polar surface area (TPSA) is 61.6 Å². The first-order valence-electron chi connectivity index (χ1n) is 9.65. The lowest BCUT2D eigenvalue weighted by atomic mass is 9.95. The summed E-state index contributed by atoms with van der Waals surface area (Å²) in [6, 6.07) is 9.15. The van der Waals surface area contributed by atoms with Crippen molar-refractivity contribution in [2.75, 3.05) is 6.54 Å². The largest absolute Gasteiger partial charge is 0.416 e. The fourth-order valence-corrected chi connectivity index (χ4v) is 3.56. The van der Waals surface area contributed by atoms with Crippen LogP contribution in [-0.2, 0) is 12.6 Å². The summed E-state index contributed by atoms with van der Waals surface area (Å²) in [5.41, 5.74) is 0.605. The molecular weight excluding hydrogens is 365 g/mol. The Morgan fingerprint density at radius 2 is 1.89 bits per heavy atom. The lowest BCUT2D eigenvalue weighted by molar-refractivity contribution is -0.137. The van der Waals surface area contributed by atoms with Crippen LogP contribution in [0.1, 0.15) is 55.6 Å². The van der Waals surface area contributed by atoms with Gasteiger partial charge >= 0.3 is 6.18 Å². The zero-order chi connectivity index (χ0) is 20.0. The highest BCUT2D eigenvalue weighted by molar-refractivity contribution is 5.61. The standard InChI is InChI=1S/C21H23F3N4/c22-21(23,24)16-7-4-6-15(12-16)19-13-18(27-20(14-25)28-19)10-5-11-26-17-8-2-1-3-9-17/h4,6-7,12-13,17,26H,1-3,5,8-11H2. The van der Waals surface area contributed by atoms with Crippen LogP contribution in [-0.4, -0.2) is 22.6 Å². The van der Waals surface area contributed by atoms with Crippen LogP contribution in [0.25, 0.3) is 11.3 Å². The van der Waals surface area contributed by atoms with Crippen LogP contribution in [0.4, 0.5) is 13.2 Å². The van der Waals surface area contributed by atoms with Crippen molar-refractivity contribution < 1.29 is 13.2 Å². The van der Waals surface area contributed by atoms with Gasteiger partial charge in [0.15, 0.2) is 0 Å². The number of nitrogens with one attached hydrogen (secondary N) is 1. The number of alkyl halides is 3. The Kier molecular flexibility index (Phi) is 6.63. The second kappa shape index (κ2) is 9.16. The van der Waals surface area contributed by atoms with E-state index in [0.717, 1.165) is 25.1 Å². The lowest BCUT2D eigenvalue weighted by Crippen LogP contribution is -2.31. The van der Waals surface area contributed by atoms with Crippen LogP contribution >= 0.6 is 0 Å². The van der Waals surface area contributed by atoms with E-state index >= 15 is 0 Å². The summed E-state index contributed by atoms with van der Waals surface area (Å²) in [7, 11) is 0. The summed E-state index contributed by atoms with van der Waals surface area (Å²) in [5.74, 6) is -0.0230. The van der Waals surface area contributed by atoms with E-state index in [2.05, 4.69) is 15.3 Å². The van der Waals surface area contributed by atoms with Crippen molar-refractivity contribution in [3.63, 3.8) is 0 Å². The van der Waals surface area contributed by atoms with E-state index in [-0.39, 0.29) is 5.82 Å². The Bertz CT molecular complexity index is 836.